The average Bonchev–Trinajstić information content (AvgIpc) is 2.46. The lowest BCUT2D eigenvalue weighted by molar-refractivity contribution is -0.121. The summed E-state index contributed by atoms with van der Waals surface area (Å²) in [5, 5.41) is 19.1. The summed E-state index contributed by atoms with van der Waals surface area (Å²) in [6, 6.07) is 6.15. The van der Waals surface area contributed by atoms with Gasteiger partial charge in [0.1, 0.15) is 11.5 Å². The van der Waals surface area contributed by atoms with Gasteiger partial charge in [-0.1, -0.05) is 19.1 Å². The van der Waals surface area contributed by atoms with Gasteiger partial charge in [-0.3, -0.25) is 4.79 Å². The number of aromatic hydroxyl groups is 1. The van der Waals surface area contributed by atoms with Gasteiger partial charge in [0.15, 0.2) is 5.78 Å². The molecule has 0 spiro atoms. The van der Waals surface area contributed by atoms with Gasteiger partial charge in [0.2, 0.25) is 0 Å². The second-order valence-electron chi connectivity index (χ2n) is 5.16. The SMILES string of the molecule is CC(C(=O)C1C=C(O)C=C/C1=N\P(=O)(O)O)c1cccc(O)c1. The third-order valence-corrected chi connectivity index (χ3v) is 3.92. The van der Waals surface area contributed by atoms with E-state index in [2.05, 4.69) is 4.76 Å². The minimum Gasteiger partial charge on any atom is -0.508 e. The van der Waals surface area contributed by atoms with Crippen molar-refractivity contribution in [3.05, 3.63) is 53.8 Å². The topological polar surface area (TPSA) is 127 Å². The van der Waals surface area contributed by atoms with Crippen molar-refractivity contribution in [3.8, 4) is 5.75 Å². The molecule has 0 radical (unpaired) electrons. The largest absolute Gasteiger partial charge is 0.508 e. The van der Waals surface area contributed by atoms with Crippen LogP contribution in [0, 0.1) is 5.92 Å². The van der Waals surface area contributed by atoms with Gasteiger partial charge in [-0.15, -0.1) is 0 Å². The number of carbonyl (C=O) groups excluding carboxylic acids is 1. The van der Waals surface area contributed by atoms with Crippen molar-refractivity contribution >= 4 is 19.2 Å². The smallest absolute Gasteiger partial charge is 0.448 e. The Balaban J connectivity index is 2.36. The quantitative estimate of drug-likeness (QED) is 0.624. The molecule has 1 aromatic rings. The van der Waals surface area contributed by atoms with Gasteiger partial charge < -0.3 is 20.0 Å². The minimum absolute atomic E-state index is 0.00758. The van der Waals surface area contributed by atoms with Gasteiger partial charge in [-0.2, -0.15) is 4.76 Å². The summed E-state index contributed by atoms with van der Waals surface area (Å²) >= 11 is 0. The lowest BCUT2D eigenvalue weighted by Gasteiger charge is -2.20. The van der Waals surface area contributed by atoms with Crippen molar-refractivity contribution in [2.75, 3.05) is 0 Å². The molecular weight excluding hydrogens is 321 g/mol. The van der Waals surface area contributed by atoms with Gasteiger partial charge in [0.25, 0.3) is 0 Å². The number of benzene rings is 1. The van der Waals surface area contributed by atoms with Crippen LogP contribution in [0.2, 0.25) is 0 Å². The molecule has 0 saturated carbocycles. The van der Waals surface area contributed by atoms with Gasteiger partial charge in [0.05, 0.1) is 11.6 Å². The van der Waals surface area contributed by atoms with E-state index in [0.29, 0.717) is 5.56 Å². The molecule has 7 nitrogen and oxygen atoms in total. The predicted octanol–water partition coefficient (Wildman–Crippen LogP) is 2.23. The average molecular weight is 337 g/mol. The maximum absolute atomic E-state index is 12.6. The normalized spacial score (nSPS) is 21.1. The lowest BCUT2D eigenvalue weighted by atomic mass is 9.84. The number of phenolic OH excluding ortho intramolecular Hbond substituents is 1. The van der Waals surface area contributed by atoms with Crippen LogP contribution >= 0.6 is 7.75 Å². The molecule has 0 heterocycles. The summed E-state index contributed by atoms with van der Waals surface area (Å²) in [4.78, 5) is 30.6. The van der Waals surface area contributed by atoms with E-state index in [1.54, 1.807) is 19.1 Å². The standard InChI is InChI=1S/C15H16NO6P/c1-9(10-3-2-4-11(17)7-10)15(19)13-8-12(18)5-6-14(13)16-23(20,21)22/h2-9,13,17-18H,1H3,(H2,20,21,22)/b16-14+. The van der Waals surface area contributed by atoms with Crippen LogP contribution in [0.4, 0.5) is 0 Å². The number of rotatable bonds is 4. The van der Waals surface area contributed by atoms with Crippen molar-refractivity contribution in [2.45, 2.75) is 12.8 Å². The van der Waals surface area contributed by atoms with Gasteiger partial charge in [-0.05, 0) is 35.9 Å². The molecule has 2 atom stereocenters. The molecule has 1 aliphatic rings. The van der Waals surface area contributed by atoms with Crippen LogP contribution in [-0.4, -0.2) is 31.5 Å². The number of phenols is 1. The fourth-order valence-corrected chi connectivity index (χ4v) is 2.78. The molecule has 0 fully saturated rings. The van der Waals surface area contributed by atoms with Crippen LogP contribution in [0.25, 0.3) is 0 Å². The molecule has 1 aliphatic carbocycles. The molecule has 2 rings (SSSR count). The number of hydrogen-bond acceptors (Lipinski definition) is 4. The molecule has 0 amide bonds. The van der Waals surface area contributed by atoms with Gasteiger partial charge in [0, 0.05) is 5.92 Å². The van der Waals surface area contributed by atoms with E-state index < -0.39 is 25.4 Å². The monoisotopic (exact) mass is 337 g/mol. The number of hydrogen-bond donors (Lipinski definition) is 4. The molecule has 0 saturated heterocycles. The van der Waals surface area contributed by atoms with E-state index in [-0.39, 0.29) is 17.2 Å². The van der Waals surface area contributed by atoms with E-state index in [0.717, 1.165) is 0 Å². The first-order valence-corrected chi connectivity index (χ1v) is 8.31. The molecule has 8 heteroatoms. The Labute approximate surface area is 132 Å². The van der Waals surface area contributed by atoms with Gasteiger partial charge in [-0.25, -0.2) is 4.57 Å². The molecule has 122 valence electrons. The lowest BCUT2D eigenvalue weighted by Crippen LogP contribution is -2.27. The minimum atomic E-state index is -4.71. The Hall–Kier alpha value is -2.21. The maximum Gasteiger partial charge on any atom is 0.448 e. The number of Topliss-reactive ketones (excluding diaryl/α,β-unsaturated/α-hetero) is 1. The Morgan fingerprint density at radius 1 is 1.26 bits per heavy atom. The third kappa shape index (κ3) is 4.39. The van der Waals surface area contributed by atoms with Crippen LogP contribution in [-0.2, 0) is 9.36 Å². The number of nitrogens with zero attached hydrogens (tertiary/aromatic N) is 1. The van der Waals surface area contributed by atoms with Crippen LogP contribution in [0.1, 0.15) is 18.4 Å². The Kier molecular flexibility index (Phi) is 4.85. The molecule has 0 aliphatic heterocycles. The molecule has 4 N–H and O–H groups in total. The summed E-state index contributed by atoms with van der Waals surface area (Å²) in [6.07, 6.45) is 3.60. The second-order valence-corrected chi connectivity index (χ2v) is 6.39. The first-order chi connectivity index (χ1) is 10.7. The molecule has 23 heavy (non-hydrogen) atoms. The Morgan fingerprint density at radius 2 is 1.96 bits per heavy atom. The van der Waals surface area contributed by atoms with Crippen LogP contribution in [0.3, 0.4) is 0 Å². The maximum atomic E-state index is 12.6. The van der Waals surface area contributed by atoms with E-state index >= 15 is 0 Å². The summed E-state index contributed by atoms with van der Waals surface area (Å²) in [6.45, 7) is 1.61. The molecular formula is C15H16NO6P. The number of ketones is 1. The number of aliphatic hydroxyl groups excluding tert-OH is 1. The summed E-state index contributed by atoms with van der Waals surface area (Å²) in [7, 11) is -4.71. The summed E-state index contributed by atoms with van der Waals surface area (Å²) in [5.41, 5.74) is 0.432. The van der Waals surface area contributed by atoms with Crippen LogP contribution < -0.4 is 0 Å². The molecule has 2 unspecified atom stereocenters. The predicted molar refractivity (Wildman–Crippen MR) is 84.3 cm³/mol. The fraction of sp³-hybridized carbons (Fsp3) is 0.200. The van der Waals surface area contributed by atoms with Gasteiger partial charge >= 0.3 is 7.75 Å². The fourth-order valence-electron chi connectivity index (χ4n) is 2.29. The number of allylic oxidation sites excluding steroid dienone is 3. The summed E-state index contributed by atoms with van der Waals surface area (Å²) in [5.74, 6) is -2.32. The first kappa shape index (κ1) is 17.1. The summed E-state index contributed by atoms with van der Waals surface area (Å²) < 4.78 is 14.3. The highest BCUT2D eigenvalue weighted by atomic mass is 31.2. The van der Waals surface area contributed by atoms with Crippen molar-refractivity contribution in [3.63, 3.8) is 0 Å². The number of aliphatic hydroxyl groups is 1. The van der Waals surface area contributed by atoms with Crippen LogP contribution in [0.5, 0.6) is 5.75 Å². The van der Waals surface area contributed by atoms with Crippen molar-refractivity contribution in [2.24, 2.45) is 10.7 Å². The highest BCUT2D eigenvalue weighted by molar-refractivity contribution is 7.50. The third-order valence-electron chi connectivity index (χ3n) is 3.43. The molecule has 0 bridgehead atoms. The highest BCUT2D eigenvalue weighted by Gasteiger charge is 2.30. The molecule has 1 aromatic carbocycles. The Morgan fingerprint density at radius 3 is 2.57 bits per heavy atom. The first-order valence-electron chi connectivity index (χ1n) is 6.74. The van der Waals surface area contributed by atoms with Crippen molar-refractivity contribution < 1.29 is 29.4 Å². The van der Waals surface area contributed by atoms with Crippen LogP contribution in [0.15, 0.2) is 53.0 Å². The zero-order valence-corrected chi connectivity index (χ0v) is 13.1. The van der Waals surface area contributed by atoms with Crippen molar-refractivity contribution in [1.29, 1.82) is 0 Å². The highest BCUT2D eigenvalue weighted by Crippen LogP contribution is 2.38. The van der Waals surface area contributed by atoms with E-state index in [9.17, 15) is 19.6 Å². The van der Waals surface area contributed by atoms with E-state index in [4.69, 9.17) is 9.79 Å². The van der Waals surface area contributed by atoms with E-state index in [1.165, 1.54) is 30.4 Å². The Bertz CT molecular complexity index is 761. The second kappa shape index (κ2) is 6.50. The van der Waals surface area contributed by atoms with Crippen molar-refractivity contribution in [1.82, 2.24) is 0 Å². The zero-order chi connectivity index (χ0) is 17.2. The van der Waals surface area contributed by atoms with E-state index in [1.807, 2.05) is 0 Å². The zero-order valence-electron chi connectivity index (χ0n) is 12.2. The number of carbonyl (C=O) groups is 1. The molecule has 0 aromatic heterocycles.